The van der Waals surface area contributed by atoms with Gasteiger partial charge in [0.05, 0.1) is 6.42 Å². The molecule has 5 amide bonds. The van der Waals surface area contributed by atoms with Crippen molar-refractivity contribution in [2.24, 2.45) is 5.73 Å². The zero-order chi connectivity index (χ0) is 33.0. The third kappa shape index (κ3) is 11.6. The number of nitrogens with one attached hydrogen (secondary N) is 4. The molecule has 0 unspecified atom stereocenters. The minimum atomic E-state index is -4.76. The van der Waals surface area contributed by atoms with E-state index in [0.717, 1.165) is 12.0 Å². The highest BCUT2D eigenvalue weighted by Gasteiger charge is 2.43. The van der Waals surface area contributed by atoms with Crippen LogP contribution in [0, 0.1) is 0 Å². The molecule has 0 saturated heterocycles. The van der Waals surface area contributed by atoms with Crippen molar-refractivity contribution in [3.8, 4) is 5.75 Å². The van der Waals surface area contributed by atoms with Crippen LogP contribution in [0.2, 0.25) is 0 Å². The molecule has 1 aliphatic carbocycles. The number of phosphoric acid groups is 1. The molecule has 2 aromatic rings. The van der Waals surface area contributed by atoms with E-state index in [4.69, 9.17) is 15.5 Å². The molecule has 1 fully saturated rings. The molecule has 45 heavy (non-hydrogen) atoms. The van der Waals surface area contributed by atoms with Crippen molar-refractivity contribution < 1.29 is 42.8 Å². The van der Waals surface area contributed by atoms with Gasteiger partial charge in [0.15, 0.2) is 0 Å². The molecule has 1 aliphatic rings. The van der Waals surface area contributed by atoms with Gasteiger partial charge in [-0.1, -0.05) is 61.7 Å². The normalized spacial score (nSPS) is 15.5. The predicted octanol–water partition coefficient (Wildman–Crippen LogP) is 0.744. The van der Waals surface area contributed by atoms with Gasteiger partial charge in [0.1, 0.15) is 23.4 Å². The van der Waals surface area contributed by atoms with E-state index in [-0.39, 0.29) is 31.6 Å². The van der Waals surface area contributed by atoms with E-state index in [1.807, 2.05) is 30.3 Å². The summed E-state index contributed by atoms with van der Waals surface area (Å²) in [6.45, 7) is 1.51. The number of hydrogen-bond donors (Lipinski definition) is 7. The smallest absolute Gasteiger partial charge is 0.404 e. The summed E-state index contributed by atoms with van der Waals surface area (Å²) >= 11 is 0. The van der Waals surface area contributed by atoms with Gasteiger partial charge in [-0.25, -0.2) is 4.57 Å². The lowest BCUT2D eigenvalue weighted by Gasteiger charge is -2.38. The number of benzene rings is 2. The summed E-state index contributed by atoms with van der Waals surface area (Å²) in [5.74, 6) is -3.23. The van der Waals surface area contributed by atoms with E-state index in [9.17, 15) is 28.5 Å². The number of carbonyl (C=O) groups is 5. The third-order valence-electron chi connectivity index (χ3n) is 7.37. The fraction of sp³-hybridized carbons (Fsp3) is 0.433. The van der Waals surface area contributed by atoms with Crippen molar-refractivity contribution in [3.05, 3.63) is 65.7 Å². The first kappa shape index (κ1) is 35.2. The van der Waals surface area contributed by atoms with Crippen molar-refractivity contribution in [1.82, 2.24) is 21.3 Å². The zero-order valence-electron chi connectivity index (χ0n) is 25.0. The Morgan fingerprint density at radius 1 is 0.889 bits per heavy atom. The summed E-state index contributed by atoms with van der Waals surface area (Å²) in [5, 5.41) is 10.8. The fourth-order valence-corrected chi connectivity index (χ4v) is 5.60. The standard InChI is InChI=1S/C30H40N5O9P/c1-20(36)33-24(18-22-10-12-23(13-11-22)44-45(41,42)43)28(39)35-30(15-6-3-7-16-30)29(40)34-25(19-26(31)37)27(38)32-17-14-21-8-4-2-5-9-21/h2,4-5,8-13,24-25H,3,6-7,14-19H2,1H3,(H2,31,37)(H,32,38)(H,33,36)(H,34,40)(H,35,39)(H2,41,42,43)/t24-,25-/m0/s1. The van der Waals surface area contributed by atoms with Crippen molar-refractivity contribution in [2.45, 2.75) is 75.9 Å². The van der Waals surface area contributed by atoms with Crippen molar-refractivity contribution in [3.63, 3.8) is 0 Å². The van der Waals surface area contributed by atoms with Crippen LogP contribution >= 0.6 is 7.82 Å². The van der Waals surface area contributed by atoms with Crippen LogP contribution in [0.5, 0.6) is 5.75 Å². The van der Waals surface area contributed by atoms with Gasteiger partial charge < -0.3 is 31.5 Å². The number of hydrogen-bond acceptors (Lipinski definition) is 7. The third-order valence-corrected chi connectivity index (χ3v) is 7.82. The Hall–Kier alpha value is -4.26. The lowest BCUT2D eigenvalue weighted by Crippen LogP contribution is -2.65. The lowest BCUT2D eigenvalue weighted by atomic mass is 9.80. The van der Waals surface area contributed by atoms with Crippen LogP contribution in [-0.4, -0.2) is 63.5 Å². The minimum absolute atomic E-state index is 0.00652. The number of rotatable bonds is 15. The molecular formula is C30H40N5O9P. The number of nitrogens with two attached hydrogens (primary N) is 1. The van der Waals surface area contributed by atoms with E-state index < -0.39 is 61.4 Å². The molecule has 1 saturated carbocycles. The van der Waals surface area contributed by atoms with Crippen LogP contribution in [0.4, 0.5) is 0 Å². The molecule has 0 bridgehead atoms. The Morgan fingerprint density at radius 2 is 1.53 bits per heavy atom. The summed E-state index contributed by atoms with van der Waals surface area (Å²) in [6.07, 6.45) is 2.68. The Bertz CT molecular complexity index is 1390. The highest BCUT2D eigenvalue weighted by molar-refractivity contribution is 7.46. The molecule has 0 heterocycles. The minimum Gasteiger partial charge on any atom is -0.404 e. The van der Waals surface area contributed by atoms with E-state index in [2.05, 4.69) is 25.8 Å². The Morgan fingerprint density at radius 3 is 2.11 bits per heavy atom. The van der Waals surface area contributed by atoms with Gasteiger partial charge in [0, 0.05) is 19.9 Å². The average Bonchev–Trinajstić information content (AvgIpc) is 2.97. The SMILES string of the molecule is CC(=O)N[C@@H](Cc1ccc(OP(=O)(O)O)cc1)C(=O)NC1(C(=O)N[C@@H](CC(N)=O)C(=O)NCCc2ccccc2)CCCCC1. The van der Waals surface area contributed by atoms with E-state index >= 15 is 0 Å². The molecule has 0 spiro atoms. The van der Waals surface area contributed by atoms with Crippen LogP contribution in [0.25, 0.3) is 0 Å². The van der Waals surface area contributed by atoms with Gasteiger partial charge >= 0.3 is 7.82 Å². The second-order valence-corrected chi connectivity index (χ2v) is 12.2. The van der Waals surface area contributed by atoms with E-state index in [1.54, 1.807) is 0 Å². The van der Waals surface area contributed by atoms with Crippen LogP contribution in [0.1, 0.15) is 56.6 Å². The van der Waals surface area contributed by atoms with Crippen LogP contribution in [0.15, 0.2) is 54.6 Å². The number of phosphoric ester groups is 1. The molecule has 0 aromatic heterocycles. The number of carbonyl (C=O) groups excluding carboxylic acids is 5. The first-order chi connectivity index (χ1) is 21.3. The highest BCUT2D eigenvalue weighted by atomic mass is 31.2. The quantitative estimate of drug-likeness (QED) is 0.135. The van der Waals surface area contributed by atoms with Gasteiger partial charge in [0.25, 0.3) is 0 Å². The topological polar surface area (TPSA) is 226 Å². The maximum absolute atomic E-state index is 13.8. The summed E-state index contributed by atoms with van der Waals surface area (Å²) in [6, 6.07) is 12.7. The fourth-order valence-electron chi connectivity index (χ4n) is 5.21. The second kappa shape index (κ2) is 16.2. The van der Waals surface area contributed by atoms with Crippen molar-refractivity contribution in [2.75, 3.05) is 6.54 Å². The molecule has 0 aliphatic heterocycles. The van der Waals surface area contributed by atoms with Crippen LogP contribution in [0.3, 0.4) is 0 Å². The largest absolute Gasteiger partial charge is 0.524 e. The van der Waals surface area contributed by atoms with Gasteiger partial charge in [0.2, 0.25) is 29.5 Å². The van der Waals surface area contributed by atoms with Gasteiger partial charge in [-0.2, -0.15) is 0 Å². The van der Waals surface area contributed by atoms with Crippen LogP contribution in [-0.2, 0) is 41.4 Å². The summed E-state index contributed by atoms with van der Waals surface area (Å²) < 4.78 is 15.6. The summed E-state index contributed by atoms with van der Waals surface area (Å²) in [5.41, 5.74) is 5.52. The summed E-state index contributed by atoms with van der Waals surface area (Å²) in [7, 11) is -4.76. The maximum atomic E-state index is 13.8. The van der Waals surface area contributed by atoms with E-state index in [0.29, 0.717) is 24.8 Å². The first-order valence-electron chi connectivity index (χ1n) is 14.6. The molecule has 2 atom stereocenters. The molecule has 8 N–H and O–H groups in total. The van der Waals surface area contributed by atoms with Gasteiger partial charge in [-0.15, -0.1) is 0 Å². The second-order valence-electron chi connectivity index (χ2n) is 11.0. The van der Waals surface area contributed by atoms with Crippen molar-refractivity contribution in [1.29, 1.82) is 0 Å². The average molecular weight is 646 g/mol. The maximum Gasteiger partial charge on any atom is 0.524 e. The molecule has 0 radical (unpaired) electrons. The highest BCUT2D eigenvalue weighted by Crippen LogP contribution is 2.37. The molecule has 15 heteroatoms. The number of amides is 5. The molecule has 244 valence electrons. The Labute approximate surface area is 261 Å². The van der Waals surface area contributed by atoms with E-state index in [1.165, 1.54) is 31.2 Å². The number of primary amides is 1. The first-order valence-corrected chi connectivity index (χ1v) is 16.1. The lowest BCUT2D eigenvalue weighted by molar-refractivity contribution is -0.139. The predicted molar refractivity (Wildman–Crippen MR) is 163 cm³/mol. The molecule has 14 nitrogen and oxygen atoms in total. The monoisotopic (exact) mass is 645 g/mol. The Kier molecular flexibility index (Phi) is 12.7. The molecule has 3 rings (SSSR count). The van der Waals surface area contributed by atoms with Crippen LogP contribution < -0.4 is 31.5 Å². The van der Waals surface area contributed by atoms with Gasteiger partial charge in [-0.05, 0) is 42.5 Å². The summed E-state index contributed by atoms with van der Waals surface area (Å²) in [4.78, 5) is 82.2. The molecular weight excluding hydrogens is 605 g/mol. The van der Waals surface area contributed by atoms with Gasteiger partial charge in [-0.3, -0.25) is 33.8 Å². The molecule has 2 aromatic carbocycles. The zero-order valence-corrected chi connectivity index (χ0v) is 25.9. The van der Waals surface area contributed by atoms with Crippen molar-refractivity contribution >= 4 is 37.4 Å². The Balaban J connectivity index is 1.74.